The molecule has 1 aliphatic rings. The molecular formula is C13H28N2O2. The zero-order valence-corrected chi connectivity index (χ0v) is 11.9. The van der Waals surface area contributed by atoms with Gasteiger partial charge in [-0.1, -0.05) is 27.7 Å². The molecule has 17 heavy (non-hydrogen) atoms. The molecule has 1 amide bonds. The van der Waals surface area contributed by atoms with Gasteiger partial charge < -0.3 is 15.7 Å². The second-order valence-electron chi connectivity index (χ2n) is 5.22. The highest BCUT2D eigenvalue weighted by atomic mass is 16.3. The molecule has 2 atom stereocenters. The van der Waals surface area contributed by atoms with E-state index >= 15 is 0 Å². The van der Waals surface area contributed by atoms with E-state index in [1.54, 1.807) is 11.8 Å². The predicted molar refractivity (Wildman–Crippen MR) is 70.6 cm³/mol. The second kappa shape index (κ2) is 6.36. The van der Waals surface area contributed by atoms with E-state index in [0.717, 1.165) is 25.9 Å². The van der Waals surface area contributed by atoms with E-state index in [-0.39, 0.29) is 17.9 Å². The SMILES string of the molecule is CC.CC[C@@]1(C)CCN(C(=O)[C@](C)(N)CO)C1. The van der Waals surface area contributed by atoms with E-state index in [1.807, 2.05) is 13.8 Å². The number of aliphatic hydroxyl groups is 1. The number of hydrogen-bond donors (Lipinski definition) is 2. The molecule has 0 aromatic rings. The van der Waals surface area contributed by atoms with Crippen LogP contribution in [0.25, 0.3) is 0 Å². The predicted octanol–water partition coefficient (Wildman–Crippen LogP) is 1.37. The van der Waals surface area contributed by atoms with Gasteiger partial charge in [0.05, 0.1) is 6.61 Å². The number of likely N-dealkylation sites (tertiary alicyclic amines) is 1. The molecule has 1 aliphatic heterocycles. The smallest absolute Gasteiger partial charge is 0.244 e. The number of amides is 1. The summed E-state index contributed by atoms with van der Waals surface area (Å²) in [6.07, 6.45) is 2.09. The third-order valence-corrected chi connectivity index (χ3v) is 3.52. The van der Waals surface area contributed by atoms with Crippen LogP contribution in [-0.2, 0) is 4.79 Å². The summed E-state index contributed by atoms with van der Waals surface area (Å²) in [4.78, 5) is 13.7. The first-order valence-corrected chi connectivity index (χ1v) is 6.54. The Balaban J connectivity index is 0.00000121. The maximum Gasteiger partial charge on any atom is 0.244 e. The molecule has 1 saturated heterocycles. The molecule has 0 saturated carbocycles. The Hall–Kier alpha value is -0.610. The molecule has 0 radical (unpaired) electrons. The first-order chi connectivity index (χ1) is 7.84. The minimum absolute atomic E-state index is 0.137. The van der Waals surface area contributed by atoms with Crippen molar-refractivity contribution < 1.29 is 9.90 Å². The topological polar surface area (TPSA) is 66.6 Å². The molecule has 0 aromatic carbocycles. The number of nitrogens with zero attached hydrogens (tertiary/aromatic N) is 1. The molecule has 102 valence electrons. The van der Waals surface area contributed by atoms with Crippen molar-refractivity contribution in [1.29, 1.82) is 0 Å². The van der Waals surface area contributed by atoms with Gasteiger partial charge in [0.2, 0.25) is 5.91 Å². The Kier molecular flexibility index (Phi) is 6.13. The van der Waals surface area contributed by atoms with Gasteiger partial charge in [-0.3, -0.25) is 4.79 Å². The molecule has 1 rings (SSSR count). The van der Waals surface area contributed by atoms with E-state index in [2.05, 4.69) is 13.8 Å². The molecule has 3 N–H and O–H groups in total. The molecule has 0 spiro atoms. The average Bonchev–Trinajstić information content (AvgIpc) is 2.74. The summed E-state index contributed by atoms with van der Waals surface area (Å²) in [5, 5.41) is 9.04. The van der Waals surface area contributed by atoms with Crippen LogP contribution in [0.2, 0.25) is 0 Å². The lowest BCUT2D eigenvalue weighted by Gasteiger charge is -2.29. The highest BCUT2D eigenvalue weighted by Gasteiger charge is 2.39. The Morgan fingerprint density at radius 1 is 1.53 bits per heavy atom. The molecular weight excluding hydrogens is 216 g/mol. The monoisotopic (exact) mass is 244 g/mol. The summed E-state index contributed by atoms with van der Waals surface area (Å²) < 4.78 is 0. The van der Waals surface area contributed by atoms with E-state index in [4.69, 9.17) is 10.8 Å². The normalized spacial score (nSPS) is 27.1. The first kappa shape index (κ1) is 16.4. The third-order valence-electron chi connectivity index (χ3n) is 3.52. The largest absolute Gasteiger partial charge is 0.394 e. The lowest BCUT2D eigenvalue weighted by molar-refractivity contribution is -0.137. The lowest BCUT2D eigenvalue weighted by Crippen LogP contribution is -2.55. The zero-order chi connectivity index (χ0) is 13.7. The second-order valence-corrected chi connectivity index (χ2v) is 5.22. The number of aliphatic hydroxyl groups excluding tert-OH is 1. The van der Waals surface area contributed by atoms with Crippen LogP contribution in [0.1, 0.15) is 47.5 Å². The van der Waals surface area contributed by atoms with E-state index in [9.17, 15) is 4.79 Å². The quantitative estimate of drug-likeness (QED) is 0.788. The Bertz CT molecular complexity index is 254. The van der Waals surface area contributed by atoms with Gasteiger partial charge >= 0.3 is 0 Å². The fourth-order valence-electron chi connectivity index (χ4n) is 1.91. The van der Waals surface area contributed by atoms with Crippen LogP contribution in [0.5, 0.6) is 0 Å². The fraction of sp³-hybridized carbons (Fsp3) is 0.923. The maximum absolute atomic E-state index is 11.9. The summed E-state index contributed by atoms with van der Waals surface area (Å²) in [5.41, 5.74) is 4.83. The van der Waals surface area contributed by atoms with Crippen molar-refractivity contribution in [3.05, 3.63) is 0 Å². The van der Waals surface area contributed by atoms with Gasteiger partial charge in [-0.05, 0) is 25.2 Å². The highest BCUT2D eigenvalue weighted by molar-refractivity contribution is 5.86. The molecule has 1 fully saturated rings. The number of carbonyl (C=O) groups is 1. The van der Waals surface area contributed by atoms with Crippen molar-refractivity contribution in [3.63, 3.8) is 0 Å². The van der Waals surface area contributed by atoms with Crippen LogP contribution in [-0.4, -0.2) is 41.1 Å². The van der Waals surface area contributed by atoms with Crippen LogP contribution < -0.4 is 5.73 Å². The summed E-state index contributed by atoms with van der Waals surface area (Å²) >= 11 is 0. The Morgan fingerprint density at radius 3 is 2.41 bits per heavy atom. The minimum Gasteiger partial charge on any atom is -0.394 e. The molecule has 0 aliphatic carbocycles. The van der Waals surface area contributed by atoms with Crippen molar-refractivity contribution in [2.45, 2.75) is 53.0 Å². The van der Waals surface area contributed by atoms with Gasteiger partial charge in [0.1, 0.15) is 5.54 Å². The van der Waals surface area contributed by atoms with Crippen molar-refractivity contribution in [2.75, 3.05) is 19.7 Å². The fourth-order valence-corrected chi connectivity index (χ4v) is 1.91. The van der Waals surface area contributed by atoms with Gasteiger partial charge in [-0.15, -0.1) is 0 Å². The zero-order valence-electron chi connectivity index (χ0n) is 11.9. The minimum atomic E-state index is -1.13. The average molecular weight is 244 g/mol. The molecule has 1 heterocycles. The van der Waals surface area contributed by atoms with Gasteiger partial charge in [0, 0.05) is 13.1 Å². The number of carbonyl (C=O) groups excluding carboxylic acids is 1. The number of rotatable bonds is 3. The van der Waals surface area contributed by atoms with E-state index < -0.39 is 5.54 Å². The molecule has 4 heteroatoms. The van der Waals surface area contributed by atoms with Crippen molar-refractivity contribution in [1.82, 2.24) is 4.90 Å². The van der Waals surface area contributed by atoms with Crippen molar-refractivity contribution >= 4 is 5.91 Å². The Morgan fingerprint density at radius 2 is 2.06 bits per heavy atom. The molecule has 0 bridgehead atoms. The first-order valence-electron chi connectivity index (χ1n) is 6.54. The van der Waals surface area contributed by atoms with Crippen LogP contribution >= 0.6 is 0 Å². The van der Waals surface area contributed by atoms with Crippen molar-refractivity contribution in [3.8, 4) is 0 Å². The van der Waals surface area contributed by atoms with Crippen LogP contribution in [0.4, 0.5) is 0 Å². The third kappa shape index (κ3) is 3.96. The maximum atomic E-state index is 11.9. The van der Waals surface area contributed by atoms with Crippen molar-refractivity contribution in [2.24, 2.45) is 11.1 Å². The van der Waals surface area contributed by atoms with E-state index in [1.165, 1.54) is 0 Å². The molecule has 0 aromatic heterocycles. The molecule has 0 unspecified atom stereocenters. The lowest BCUT2D eigenvalue weighted by atomic mass is 9.87. The number of nitrogens with two attached hydrogens (primary N) is 1. The highest BCUT2D eigenvalue weighted by Crippen LogP contribution is 2.33. The van der Waals surface area contributed by atoms with Crippen LogP contribution in [0.15, 0.2) is 0 Å². The Labute approximate surface area is 105 Å². The standard InChI is InChI=1S/C11H22N2O2.C2H6/c1-4-10(2)5-6-13(7-10)9(15)11(3,12)8-14;1-2/h14H,4-8,12H2,1-3H3;1-2H3/t10-,11+;/m0./s1. The van der Waals surface area contributed by atoms with E-state index in [0.29, 0.717) is 0 Å². The molecule has 4 nitrogen and oxygen atoms in total. The van der Waals surface area contributed by atoms with Gasteiger partial charge in [-0.2, -0.15) is 0 Å². The van der Waals surface area contributed by atoms with Crippen LogP contribution in [0.3, 0.4) is 0 Å². The van der Waals surface area contributed by atoms with Crippen LogP contribution in [0, 0.1) is 5.41 Å². The van der Waals surface area contributed by atoms with Gasteiger partial charge in [-0.25, -0.2) is 0 Å². The van der Waals surface area contributed by atoms with Gasteiger partial charge in [0.25, 0.3) is 0 Å². The summed E-state index contributed by atoms with van der Waals surface area (Å²) in [7, 11) is 0. The number of hydrogen-bond acceptors (Lipinski definition) is 3. The summed E-state index contributed by atoms with van der Waals surface area (Å²) in [5.74, 6) is -0.137. The van der Waals surface area contributed by atoms with Gasteiger partial charge in [0.15, 0.2) is 0 Å². The summed E-state index contributed by atoms with van der Waals surface area (Å²) in [6.45, 7) is 11.1. The summed E-state index contributed by atoms with van der Waals surface area (Å²) in [6, 6.07) is 0.